The summed E-state index contributed by atoms with van der Waals surface area (Å²) in [5.74, 6) is -1.78. The van der Waals surface area contributed by atoms with Crippen LogP contribution in [-0.4, -0.2) is 40.2 Å². The molecule has 2 heterocycles. The minimum absolute atomic E-state index is 0.191. The predicted octanol–water partition coefficient (Wildman–Crippen LogP) is 3.33. The average molecular weight is 346 g/mol. The van der Waals surface area contributed by atoms with Gasteiger partial charge in [-0.25, -0.2) is 18.6 Å². The van der Waals surface area contributed by atoms with Crippen LogP contribution >= 0.6 is 0 Å². The predicted molar refractivity (Wildman–Crippen MR) is 87.2 cm³/mol. The van der Waals surface area contributed by atoms with E-state index >= 15 is 0 Å². The molecule has 1 atom stereocenters. The summed E-state index contributed by atoms with van der Waals surface area (Å²) in [5.41, 5.74) is 0.412. The van der Waals surface area contributed by atoms with Crippen LogP contribution in [0.5, 0.6) is 0 Å². The van der Waals surface area contributed by atoms with Crippen molar-refractivity contribution in [3.8, 4) is 6.07 Å². The van der Waals surface area contributed by atoms with E-state index < -0.39 is 17.7 Å². The number of anilines is 1. The molecule has 0 aliphatic carbocycles. The number of benzene rings is 1. The molecule has 1 aliphatic heterocycles. The number of rotatable bonds is 3. The van der Waals surface area contributed by atoms with E-state index in [2.05, 4.69) is 10.3 Å². The third-order valence-electron chi connectivity index (χ3n) is 4.36. The van der Waals surface area contributed by atoms with E-state index in [9.17, 15) is 23.9 Å². The quantitative estimate of drug-likeness (QED) is 0.890. The SMILES string of the molecule is N#Cc1cc2cc(F)c(F)cc2nc1NC[C@@H]1CCCCN1C(=O)O. The summed E-state index contributed by atoms with van der Waals surface area (Å²) >= 11 is 0. The monoisotopic (exact) mass is 346 g/mol. The van der Waals surface area contributed by atoms with Crippen LogP contribution in [0.4, 0.5) is 19.4 Å². The highest BCUT2D eigenvalue weighted by Gasteiger charge is 2.26. The summed E-state index contributed by atoms with van der Waals surface area (Å²) in [7, 11) is 0. The molecule has 0 radical (unpaired) electrons. The van der Waals surface area contributed by atoms with Crippen LogP contribution in [0.3, 0.4) is 0 Å². The number of carbonyl (C=O) groups is 1. The van der Waals surface area contributed by atoms with Gasteiger partial charge in [-0.2, -0.15) is 5.26 Å². The van der Waals surface area contributed by atoms with Gasteiger partial charge in [0.2, 0.25) is 0 Å². The third-order valence-corrected chi connectivity index (χ3v) is 4.36. The maximum atomic E-state index is 13.4. The van der Waals surface area contributed by atoms with Gasteiger partial charge >= 0.3 is 6.09 Å². The van der Waals surface area contributed by atoms with E-state index in [-0.39, 0.29) is 22.9 Å². The fourth-order valence-electron chi connectivity index (χ4n) is 3.07. The van der Waals surface area contributed by atoms with Crippen molar-refractivity contribution < 1.29 is 18.7 Å². The molecule has 2 aromatic rings. The summed E-state index contributed by atoms with van der Waals surface area (Å²) in [6, 6.07) is 5.15. The molecule has 8 heteroatoms. The Balaban J connectivity index is 1.86. The van der Waals surface area contributed by atoms with Crippen LogP contribution in [0.25, 0.3) is 10.9 Å². The lowest BCUT2D eigenvalue weighted by atomic mass is 10.0. The number of nitrogens with one attached hydrogen (secondary N) is 1. The fraction of sp³-hybridized carbons (Fsp3) is 0.353. The minimum atomic E-state index is -1.01. The van der Waals surface area contributed by atoms with E-state index in [0.717, 1.165) is 25.0 Å². The molecule has 3 rings (SSSR count). The van der Waals surface area contributed by atoms with Gasteiger partial charge in [0.25, 0.3) is 0 Å². The number of halogens is 2. The van der Waals surface area contributed by atoms with Gasteiger partial charge in [0.1, 0.15) is 11.9 Å². The molecule has 1 aliphatic rings. The van der Waals surface area contributed by atoms with Gasteiger partial charge in [-0.3, -0.25) is 0 Å². The number of hydrogen-bond donors (Lipinski definition) is 2. The Morgan fingerprint density at radius 3 is 2.84 bits per heavy atom. The molecule has 1 fully saturated rings. The Morgan fingerprint density at radius 1 is 1.36 bits per heavy atom. The molecule has 130 valence electrons. The molecule has 6 nitrogen and oxygen atoms in total. The zero-order chi connectivity index (χ0) is 18.0. The standard InChI is InChI=1S/C17H16F2N4O2/c18-13-6-10-5-11(8-20)16(22-15(10)7-14(13)19)21-9-12-3-1-2-4-23(12)17(24)25/h5-7,12H,1-4,9H2,(H,21,22)(H,24,25)/t12-/m0/s1. The first-order valence-corrected chi connectivity index (χ1v) is 7.93. The highest BCUT2D eigenvalue weighted by molar-refractivity contribution is 5.83. The lowest BCUT2D eigenvalue weighted by Gasteiger charge is -2.33. The van der Waals surface area contributed by atoms with E-state index in [1.165, 1.54) is 11.0 Å². The lowest BCUT2D eigenvalue weighted by Crippen LogP contribution is -2.46. The van der Waals surface area contributed by atoms with Crippen LogP contribution in [0.1, 0.15) is 24.8 Å². The number of carboxylic acid groups (broad SMARTS) is 1. The minimum Gasteiger partial charge on any atom is -0.465 e. The summed E-state index contributed by atoms with van der Waals surface area (Å²) < 4.78 is 26.7. The number of pyridine rings is 1. The third kappa shape index (κ3) is 3.45. The van der Waals surface area contributed by atoms with Crippen molar-refractivity contribution in [1.82, 2.24) is 9.88 Å². The van der Waals surface area contributed by atoms with Crippen LogP contribution in [0.2, 0.25) is 0 Å². The van der Waals surface area contributed by atoms with Gasteiger partial charge < -0.3 is 15.3 Å². The molecular weight excluding hydrogens is 330 g/mol. The first-order chi connectivity index (χ1) is 12.0. The van der Waals surface area contributed by atoms with Gasteiger partial charge in [0, 0.05) is 24.5 Å². The maximum absolute atomic E-state index is 13.4. The van der Waals surface area contributed by atoms with Crippen molar-refractivity contribution in [3.05, 3.63) is 35.4 Å². The van der Waals surface area contributed by atoms with Crippen LogP contribution in [0.15, 0.2) is 18.2 Å². The molecule has 1 aromatic carbocycles. The molecule has 2 N–H and O–H groups in total. The van der Waals surface area contributed by atoms with Crippen molar-refractivity contribution in [1.29, 1.82) is 5.26 Å². The number of nitrogens with zero attached hydrogens (tertiary/aromatic N) is 3. The van der Waals surface area contributed by atoms with Crippen LogP contribution < -0.4 is 5.32 Å². The molecule has 0 unspecified atom stereocenters. The van der Waals surface area contributed by atoms with Gasteiger partial charge in [-0.1, -0.05) is 0 Å². The van der Waals surface area contributed by atoms with Gasteiger partial charge in [0.15, 0.2) is 11.6 Å². The summed E-state index contributed by atoms with van der Waals surface area (Å²) in [6.45, 7) is 0.769. The summed E-state index contributed by atoms with van der Waals surface area (Å²) in [6.07, 6.45) is 1.49. The van der Waals surface area contributed by atoms with E-state index in [0.29, 0.717) is 24.9 Å². The molecular formula is C17H16F2N4O2. The molecule has 0 bridgehead atoms. The smallest absolute Gasteiger partial charge is 0.407 e. The number of piperidine rings is 1. The second-order valence-electron chi connectivity index (χ2n) is 5.96. The van der Waals surface area contributed by atoms with E-state index in [4.69, 9.17) is 0 Å². The number of likely N-dealkylation sites (tertiary alicyclic amines) is 1. The van der Waals surface area contributed by atoms with Crippen molar-refractivity contribution in [2.24, 2.45) is 0 Å². The van der Waals surface area contributed by atoms with E-state index in [1.807, 2.05) is 6.07 Å². The first-order valence-electron chi connectivity index (χ1n) is 7.93. The van der Waals surface area contributed by atoms with Gasteiger partial charge in [-0.05, 0) is 31.4 Å². The average Bonchev–Trinajstić information content (AvgIpc) is 2.60. The van der Waals surface area contributed by atoms with Crippen molar-refractivity contribution in [3.63, 3.8) is 0 Å². The van der Waals surface area contributed by atoms with Gasteiger partial charge in [-0.15, -0.1) is 0 Å². The molecule has 0 saturated carbocycles. The Kier molecular flexibility index (Phi) is 4.65. The summed E-state index contributed by atoms with van der Waals surface area (Å²) in [5, 5.41) is 21.8. The van der Waals surface area contributed by atoms with Crippen molar-refractivity contribution >= 4 is 22.8 Å². The van der Waals surface area contributed by atoms with Crippen molar-refractivity contribution in [2.45, 2.75) is 25.3 Å². The first kappa shape index (κ1) is 16.9. The van der Waals surface area contributed by atoms with Crippen LogP contribution in [-0.2, 0) is 0 Å². The number of hydrogen-bond acceptors (Lipinski definition) is 4. The Morgan fingerprint density at radius 2 is 2.12 bits per heavy atom. The molecule has 1 saturated heterocycles. The highest BCUT2D eigenvalue weighted by Crippen LogP contribution is 2.24. The van der Waals surface area contributed by atoms with Crippen LogP contribution in [0, 0.1) is 23.0 Å². The second-order valence-corrected chi connectivity index (χ2v) is 5.96. The Labute approximate surface area is 142 Å². The lowest BCUT2D eigenvalue weighted by molar-refractivity contribution is 0.110. The Hall–Kier alpha value is -2.95. The normalized spacial score (nSPS) is 17.3. The molecule has 1 amide bonds. The van der Waals surface area contributed by atoms with Crippen molar-refractivity contribution in [2.75, 3.05) is 18.4 Å². The second kappa shape index (κ2) is 6.89. The number of fused-ring (bicyclic) bond motifs is 1. The Bertz CT molecular complexity index is 866. The molecule has 25 heavy (non-hydrogen) atoms. The number of aromatic nitrogens is 1. The van der Waals surface area contributed by atoms with E-state index in [1.54, 1.807) is 0 Å². The zero-order valence-electron chi connectivity index (χ0n) is 13.3. The topological polar surface area (TPSA) is 89.3 Å². The largest absolute Gasteiger partial charge is 0.465 e. The zero-order valence-corrected chi connectivity index (χ0v) is 13.3. The molecule has 1 aromatic heterocycles. The molecule has 0 spiro atoms. The van der Waals surface area contributed by atoms with Gasteiger partial charge in [0.05, 0.1) is 17.1 Å². The number of nitriles is 1. The highest BCUT2D eigenvalue weighted by atomic mass is 19.2. The number of amides is 1. The maximum Gasteiger partial charge on any atom is 0.407 e. The summed E-state index contributed by atoms with van der Waals surface area (Å²) in [4.78, 5) is 16.9. The fourth-order valence-corrected chi connectivity index (χ4v) is 3.07.